The molecule has 0 radical (unpaired) electrons. The van der Waals surface area contributed by atoms with Crippen LogP contribution in [0.15, 0.2) is 6.20 Å². The number of hydrogen-bond donors (Lipinski definition) is 3. The van der Waals surface area contributed by atoms with Crippen LogP contribution in [0, 0.1) is 0 Å². The molecule has 0 aliphatic carbocycles. The fourth-order valence-corrected chi connectivity index (χ4v) is 1.95. The van der Waals surface area contributed by atoms with Crippen molar-refractivity contribution < 1.29 is 9.90 Å². The van der Waals surface area contributed by atoms with Crippen molar-refractivity contribution in [3.63, 3.8) is 0 Å². The van der Waals surface area contributed by atoms with E-state index < -0.39 is 0 Å². The van der Waals surface area contributed by atoms with Crippen molar-refractivity contribution >= 4 is 6.03 Å². The van der Waals surface area contributed by atoms with Crippen molar-refractivity contribution in [2.24, 2.45) is 7.05 Å². The lowest BCUT2D eigenvalue weighted by Crippen LogP contribution is -2.40. The van der Waals surface area contributed by atoms with Gasteiger partial charge in [0.1, 0.15) is 0 Å². The van der Waals surface area contributed by atoms with Gasteiger partial charge in [-0.05, 0) is 26.2 Å². The first-order valence-electron chi connectivity index (χ1n) is 6.73. The Morgan fingerprint density at radius 1 is 1.58 bits per heavy atom. The van der Waals surface area contributed by atoms with Crippen molar-refractivity contribution in [3.8, 4) is 0 Å². The average Bonchev–Trinajstić information content (AvgIpc) is 2.74. The molecule has 1 heterocycles. The third kappa shape index (κ3) is 5.30. The number of carbonyl (C=O) groups is 1. The molecule has 6 heteroatoms. The van der Waals surface area contributed by atoms with Crippen LogP contribution in [-0.4, -0.2) is 33.6 Å². The van der Waals surface area contributed by atoms with Gasteiger partial charge in [-0.3, -0.25) is 4.68 Å². The average molecular weight is 268 g/mol. The zero-order valence-electron chi connectivity index (χ0n) is 11.9. The number of aliphatic hydroxyl groups excluding tert-OH is 1. The van der Waals surface area contributed by atoms with E-state index in [4.69, 9.17) is 5.11 Å². The van der Waals surface area contributed by atoms with Crippen molar-refractivity contribution in [3.05, 3.63) is 17.5 Å². The van der Waals surface area contributed by atoms with Crippen molar-refractivity contribution in [1.29, 1.82) is 0 Å². The minimum atomic E-state index is -0.184. The Bertz CT molecular complexity index is 403. The lowest BCUT2D eigenvalue weighted by molar-refractivity contribution is 0.234. The molecule has 0 bridgehead atoms. The van der Waals surface area contributed by atoms with Crippen LogP contribution in [0.1, 0.15) is 37.9 Å². The van der Waals surface area contributed by atoms with Crippen LogP contribution in [0.4, 0.5) is 4.79 Å². The summed E-state index contributed by atoms with van der Waals surface area (Å²) >= 11 is 0. The molecule has 1 unspecified atom stereocenters. The molecule has 0 saturated heterocycles. The van der Waals surface area contributed by atoms with Gasteiger partial charge in [-0.15, -0.1) is 0 Å². The smallest absolute Gasteiger partial charge is 0.315 e. The molecular weight excluding hydrogens is 244 g/mol. The van der Waals surface area contributed by atoms with Gasteiger partial charge in [-0.25, -0.2) is 4.79 Å². The van der Waals surface area contributed by atoms with E-state index >= 15 is 0 Å². The summed E-state index contributed by atoms with van der Waals surface area (Å²) < 4.78 is 1.76. The molecule has 0 aliphatic heterocycles. The summed E-state index contributed by atoms with van der Waals surface area (Å²) in [5.74, 6) is 0. The lowest BCUT2D eigenvalue weighted by atomic mass is 10.2. The zero-order chi connectivity index (χ0) is 14.3. The van der Waals surface area contributed by atoms with Crippen LogP contribution in [0.2, 0.25) is 0 Å². The predicted octanol–water partition coefficient (Wildman–Crippen LogP) is 0.943. The van der Waals surface area contributed by atoms with Crippen LogP contribution in [-0.2, 0) is 20.0 Å². The number of aryl methyl sites for hydroxylation is 2. The third-order valence-electron chi connectivity index (χ3n) is 2.94. The lowest BCUT2D eigenvalue weighted by Gasteiger charge is -2.13. The molecular formula is C13H24N4O2. The Morgan fingerprint density at radius 2 is 2.32 bits per heavy atom. The number of hydrogen-bond acceptors (Lipinski definition) is 3. The highest BCUT2D eigenvalue weighted by Gasteiger charge is 2.09. The Hall–Kier alpha value is -1.56. The molecule has 0 aliphatic rings. The van der Waals surface area contributed by atoms with Crippen LogP contribution in [0.3, 0.4) is 0 Å². The van der Waals surface area contributed by atoms with Gasteiger partial charge < -0.3 is 15.7 Å². The second kappa shape index (κ2) is 7.78. The third-order valence-corrected chi connectivity index (χ3v) is 2.94. The van der Waals surface area contributed by atoms with Gasteiger partial charge in [0.25, 0.3) is 0 Å². The standard InChI is InChI=1S/C13H24N4O2/c1-4-12-11(9-17(3)16-12)8-14-13(19)15-10(2)6-5-7-18/h9-10,18H,4-8H2,1-3H3,(H2,14,15,19). The highest BCUT2D eigenvalue weighted by atomic mass is 16.3. The maximum atomic E-state index is 11.7. The molecule has 6 nitrogen and oxygen atoms in total. The van der Waals surface area contributed by atoms with E-state index in [0.717, 1.165) is 24.1 Å². The summed E-state index contributed by atoms with van der Waals surface area (Å²) in [7, 11) is 1.87. The predicted molar refractivity (Wildman–Crippen MR) is 73.7 cm³/mol. The maximum absolute atomic E-state index is 11.7. The van der Waals surface area contributed by atoms with E-state index in [1.54, 1.807) is 4.68 Å². The van der Waals surface area contributed by atoms with Crippen LogP contribution in [0.5, 0.6) is 0 Å². The monoisotopic (exact) mass is 268 g/mol. The molecule has 0 spiro atoms. The quantitative estimate of drug-likeness (QED) is 0.688. The Morgan fingerprint density at radius 3 is 2.95 bits per heavy atom. The molecule has 0 saturated carbocycles. The summed E-state index contributed by atoms with van der Waals surface area (Å²) in [6, 6.07) is -0.122. The fraction of sp³-hybridized carbons (Fsp3) is 0.692. The second-order valence-corrected chi connectivity index (χ2v) is 4.72. The normalized spacial score (nSPS) is 12.2. The molecule has 0 aromatic carbocycles. The number of nitrogens with zero attached hydrogens (tertiary/aromatic N) is 2. The van der Waals surface area contributed by atoms with Gasteiger partial charge in [-0.1, -0.05) is 6.92 Å². The molecule has 1 atom stereocenters. The molecule has 1 aromatic heterocycles. The number of carbonyl (C=O) groups excluding carboxylic acids is 1. The molecule has 3 N–H and O–H groups in total. The van der Waals surface area contributed by atoms with Gasteiger partial charge >= 0.3 is 6.03 Å². The van der Waals surface area contributed by atoms with Crippen LogP contribution >= 0.6 is 0 Å². The van der Waals surface area contributed by atoms with E-state index in [1.807, 2.05) is 27.1 Å². The molecule has 108 valence electrons. The summed E-state index contributed by atoms with van der Waals surface area (Å²) in [6.45, 7) is 4.61. The van der Waals surface area contributed by atoms with Crippen molar-refractivity contribution in [2.45, 2.75) is 45.7 Å². The second-order valence-electron chi connectivity index (χ2n) is 4.72. The van der Waals surface area contributed by atoms with Crippen LogP contribution < -0.4 is 10.6 Å². The van der Waals surface area contributed by atoms with E-state index in [9.17, 15) is 4.79 Å². The molecule has 19 heavy (non-hydrogen) atoms. The van der Waals surface area contributed by atoms with Crippen LogP contribution in [0.25, 0.3) is 0 Å². The zero-order valence-corrected chi connectivity index (χ0v) is 11.9. The number of aromatic nitrogens is 2. The molecule has 0 fully saturated rings. The minimum Gasteiger partial charge on any atom is -0.396 e. The largest absolute Gasteiger partial charge is 0.396 e. The molecule has 2 amide bonds. The number of urea groups is 1. The number of amides is 2. The van der Waals surface area contributed by atoms with E-state index in [2.05, 4.69) is 15.7 Å². The summed E-state index contributed by atoms with van der Waals surface area (Å²) in [6.07, 6.45) is 4.25. The van der Waals surface area contributed by atoms with Gasteiger partial charge in [-0.2, -0.15) is 5.10 Å². The van der Waals surface area contributed by atoms with Crippen molar-refractivity contribution in [2.75, 3.05) is 6.61 Å². The molecule has 1 aromatic rings. The first-order chi connectivity index (χ1) is 9.06. The van der Waals surface area contributed by atoms with Crippen molar-refractivity contribution in [1.82, 2.24) is 20.4 Å². The van der Waals surface area contributed by atoms with Gasteiger partial charge in [0, 0.05) is 38.0 Å². The maximum Gasteiger partial charge on any atom is 0.315 e. The topological polar surface area (TPSA) is 79.2 Å². The first-order valence-corrected chi connectivity index (χ1v) is 6.73. The SMILES string of the molecule is CCc1nn(C)cc1CNC(=O)NC(C)CCCO. The van der Waals surface area contributed by atoms with Gasteiger partial charge in [0.15, 0.2) is 0 Å². The highest BCUT2D eigenvalue weighted by Crippen LogP contribution is 2.06. The number of nitrogens with one attached hydrogen (secondary N) is 2. The van der Waals surface area contributed by atoms with Gasteiger partial charge in [0.05, 0.1) is 5.69 Å². The minimum absolute atomic E-state index is 0.0618. The van der Waals surface area contributed by atoms with E-state index in [0.29, 0.717) is 13.0 Å². The first kappa shape index (κ1) is 15.5. The van der Waals surface area contributed by atoms with E-state index in [-0.39, 0.29) is 18.7 Å². The van der Waals surface area contributed by atoms with Gasteiger partial charge in [0.2, 0.25) is 0 Å². The molecule has 1 rings (SSSR count). The highest BCUT2D eigenvalue weighted by molar-refractivity contribution is 5.74. The number of rotatable bonds is 7. The Kier molecular flexibility index (Phi) is 6.35. The summed E-state index contributed by atoms with van der Waals surface area (Å²) in [4.78, 5) is 11.7. The number of aliphatic hydroxyl groups is 1. The summed E-state index contributed by atoms with van der Waals surface area (Å²) in [5, 5.41) is 18.7. The summed E-state index contributed by atoms with van der Waals surface area (Å²) in [5.41, 5.74) is 2.05. The Balaban J connectivity index is 2.37. The Labute approximate surface area is 114 Å². The fourth-order valence-electron chi connectivity index (χ4n) is 1.95. The van der Waals surface area contributed by atoms with E-state index in [1.165, 1.54) is 0 Å².